The van der Waals surface area contributed by atoms with Crippen LogP contribution in [-0.4, -0.2) is 44.0 Å². The minimum absolute atomic E-state index is 0.00862. The molecule has 2 rings (SSSR count). The van der Waals surface area contributed by atoms with Gasteiger partial charge in [-0.05, 0) is 31.2 Å². The number of nitro groups is 1. The molecule has 27 heavy (non-hydrogen) atoms. The highest BCUT2D eigenvalue weighted by atomic mass is 16.6. The number of rotatable bonds is 6. The van der Waals surface area contributed by atoms with Crippen molar-refractivity contribution in [1.29, 1.82) is 0 Å². The first kappa shape index (κ1) is 19.9. The highest BCUT2D eigenvalue weighted by Gasteiger charge is 2.25. The van der Waals surface area contributed by atoms with Crippen LogP contribution in [0.4, 0.5) is 17.1 Å². The maximum atomic E-state index is 12.5. The lowest BCUT2D eigenvalue weighted by Crippen LogP contribution is -2.37. The lowest BCUT2D eigenvalue weighted by atomic mass is 10.1. The van der Waals surface area contributed by atoms with E-state index in [1.807, 2.05) is 6.07 Å². The highest BCUT2D eigenvalue weighted by Crippen LogP contribution is 2.28. The second-order valence-electron chi connectivity index (χ2n) is 6.14. The topological polar surface area (TPSA) is 93.0 Å². The molecule has 142 valence electrons. The van der Waals surface area contributed by atoms with E-state index in [2.05, 4.69) is 0 Å². The summed E-state index contributed by atoms with van der Waals surface area (Å²) in [5.74, 6) is -1.21. The third-order valence-electron chi connectivity index (χ3n) is 4.00. The third kappa shape index (κ3) is 4.60. The van der Waals surface area contributed by atoms with Crippen molar-refractivity contribution in [3.8, 4) is 0 Å². The number of esters is 1. The van der Waals surface area contributed by atoms with Gasteiger partial charge in [-0.25, -0.2) is 4.79 Å². The second kappa shape index (κ2) is 8.31. The first-order valence-electron chi connectivity index (χ1n) is 8.21. The van der Waals surface area contributed by atoms with Crippen LogP contribution in [0.25, 0.3) is 0 Å². The van der Waals surface area contributed by atoms with Crippen molar-refractivity contribution in [1.82, 2.24) is 0 Å². The summed E-state index contributed by atoms with van der Waals surface area (Å²) in [6.07, 6.45) is -1.05. The fourth-order valence-corrected chi connectivity index (χ4v) is 2.51. The maximum absolute atomic E-state index is 12.5. The second-order valence-corrected chi connectivity index (χ2v) is 6.14. The number of carbonyl (C=O) groups is 2. The van der Waals surface area contributed by atoms with Gasteiger partial charge in [0.2, 0.25) is 0 Å². The summed E-state index contributed by atoms with van der Waals surface area (Å²) in [5, 5.41) is 11.2. The Morgan fingerprint density at radius 1 is 1.07 bits per heavy atom. The van der Waals surface area contributed by atoms with Crippen molar-refractivity contribution in [3.05, 3.63) is 64.2 Å². The van der Waals surface area contributed by atoms with Crippen molar-refractivity contribution < 1.29 is 19.2 Å². The van der Waals surface area contributed by atoms with Crippen LogP contribution in [0.2, 0.25) is 0 Å². The fraction of sp³-hybridized carbons (Fsp3) is 0.263. The smallest absolute Gasteiger partial charge is 0.339 e. The van der Waals surface area contributed by atoms with Gasteiger partial charge in [0.05, 0.1) is 10.5 Å². The van der Waals surface area contributed by atoms with Crippen LogP contribution in [0.5, 0.6) is 0 Å². The van der Waals surface area contributed by atoms with Gasteiger partial charge in [-0.15, -0.1) is 0 Å². The Labute approximate surface area is 157 Å². The number of hydrogen-bond donors (Lipinski definition) is 0. The normalized spacial score (nSPS) is 11.4. The van der Waals surface area contributed by atoms with Crippen LogP contribution >= 0.6 is 0 Å². The molecule has 8 nitrogen and oxygen atoms in total. The molecule has 0 saturated carbocycles. The molecule has 0 aliphatic heterocycles. The summed E-state index contributed by atoms with van der Waals surface area (Å²) in [4.78, 5) is 38.4. The summed E-state index contributed by atoms with van der Waals surface area (Å²) < 4.78 is 5.21. The number of likely N-dealkylation sites (N-methyl/N-ethyl adjacent to an activating group) is 1. The van der Waals surface area contributed by atoms with E-state index in [4.69, 9.17) is 4.74 Å². The average molecular weight is 371 g/mol. The minimum Gasteiger partial charge on any atom is -0.449 e. The Morgan fingerprint density at radius 3 is 2.26 bits per heavy atom. The number of para-hydroxylation sites is 1. The molecule has 0 aliphatic carbocycles. The van der Waals surface area contributed by atoms with E-state index >= 15 is 0 Å². The van der Waals surface area contributed by atoms with E-state index in [1.165, 1.54) is 24.0 Å². The van der Waals surface area contributed by atoms with Crippen LogP contribution < -0.4 is 9.80 Å². The molecule has 0 fully saturated rings. The number of benzene rings is 2. The molecule has 2 aromatic carbocycles. The van der Waals surface area contributed by atoms with Crippen LogP contribution in [0, 0.1) is 10.1 Å². The van der Waals surface area contributed by atoms with Gasteiger partial charge in [-0.1, -0.05) is 18.2 Å². The molecule has 0 heterocycles. The molecule has 8 heteroatoms. The molecule has 0 aromatic heterocycles. The lowest BCUT2D eigenvalue weighted by Gasteiger charge is -2.21. The molecule has 0 saturated heterocycles. The van der Waals surface area contributed by atoms with Gasteiger partial charge in [0, 0.05) is 32.9 Å². The summed E-state index contributed by atoms with van der Waals surface area (Å²) >= 11 is 0. The van der Waals surface area contributed by atoms with E-state index < -0.39 is 22.9 Å². The number of ether oxygens (including phenoxy) is 1. The number of nitro benzene ring substituents is 1. The molecule has 0 radical (unpaired) electrons. The Hall–Kier alpha value is -3.42. The molecule has 1 atom stereocenters. The maximum Gasteiger partial charge on any atom is 0.339 e. The molecule has 0 spiro atoms. The number of carbonyl (C=O) groups excluding carboxylic acids is 2. The number of hydrogen-bond acceptors (Lipinski definition) is 6. The zero-order valence-corrected chi connectivity index (χ0v) is 15.6. The summed E-state index contributed by atoms with van der Waals surface area (Å²) in [6, 6.07) is 13.0. The summed E-state index contributed by atoms with van der Waals surface area (Å²) in [5.41, 5.74) is 0.824. The molecule has 0 bridgehead atoms. The number of nitrogens with zero attached hydrogens (tertiary/aromatic N) is 3. The van der Waals surface area contributed by atoms with Crippen LogP contribution in [0.1, 0.15) is 17.3 Å². The Balaban J connectivity index is 2.15. The number of amides is 1. The van der Waals surface area contributed by atoms with Gasteiger partial charge in [-0.2, -0.15) is 0 Å². The molecular weight excluding hydrogens is 350 g/mol. The van der Waals surface area contributed by atoms with Crippen LogP contribution in [-0.2, 0) is 9.53 Å². The Morgan fingerprint density at radius 2 is 1.70 bits per heavy atom. The monoisotopic (exact) mass is 371 g/mol. The van der Waals surface area contributed by atoms with Crippen LogP contribution in [0.15, 0.2) is 48.5 Å². The van der Waals surface area contributed by atoms with Crippen molar-refractivity contribution in [2.75, 3.05) is 30.9 Å². The van der Waals surface area contributed by atoms with Crippen molar-refractivity contribution in [3.63, 3.8) is 0 Å². The Kier molecular flexibility index (Phi) is 6.12. The van der Waals surface area contributed by atoms with E-state index in [-0.39, 0.29) is 11.3 Å². The third-order valence-corrected chi connectivity index (χ3v) is 4.00. The zero-order chi connectivity index (χ0) is 20.1. The van der Waals surface area contributed by atoms with Gasteiger partial charge in [0.15, 0.2) is 6.10 Å². The molecule has 0 unspecified atom stereocenters. The largest absolute Gasteiger partial charge is 0.449 e. The molecule has 2 aromatic rings. The van der Waals surface area contributed by atoms with Crippen LogP contribution in [0.3, 0.4) is 0 Å². The van der Waals surface area contributed by atoms with E-state index in [9.17, 15) is 19.7 Å². The van der Waals surface area contributed by atoms with Gasteiger partial charge < -0.3 is 14.5 Å². The molecule has 0 aliphatic rings. The predicted molar refractivity (Wildman–Crippen MR) is 102 cm³/mol. The lowest BCUT2D eigenvalue weighted by molar-refractivity contribution is -0.384. The Bertz CT molecular complexity index is 852. The summed E-state index contributed by atoms with van der Waals surface area (Å²) in [7, 11) is 4.92. The zero-order valence-electron chi connectivity index (χ0n) is 15.6. The van der Waals surface area contributed by atoms with Gasteiger partial charge >= 0.3 is 5.97 Å². The van der Waals surface area contributed by atoms with Gasteiger partial charge in [0.25, 0.3) is 11.6 Å². The first-order chi connectivity index (χ1) is 12.7. The van der Waals surface area contributed by atoms with E-state index in [0.29, 0.717) is 11.4 Å². The SMILES string of the molecule is C[C@@H](OC(=O)c1ccc(N(C)C)c([N+](=O)[O-])c1)C(=O)N(C)c1ccccc1. The predicted octanol–water partition coefficient (Wildman–Crippen LogP) is 2.87. The summed E-state index contributed by atoms with van der Waals surface area (Å²) in [6.45, 7) is 1.46. The van der Waals surface area contributed by atoms with Crippen molar-refractivity contribution >= 4 is 28.9 Å². The fourth-order valence-electron chi connectivity index (χ4n) is 2.51. The van der Waals surface area contributed by atoms with Gasteiger partial charge in [0.1, 0.15) is 5.69 Å². The van der Waals surface area contributed by atoms with E-state index in [1.54, 1.807) is 50.3 Å². The molecular formula is C19H21N3O5. The van der Waals surface area contributed by atoms with Crippen molar-refractivity contribution in [2.24, 2.45) is 0 Å². The number of anilines is 2. The standard InChI is InChI=1S/C19H21N3O5/c1-13(18(23)21(4)15-8-6-5-7-9-15)27-19(24)14-10-11-16(20(2)3)17(12-14)22(25)26/h5-13H,1-4H3/t13-/m1/s1. The highest BCUT2D eigenvalue weighted by molar-refractivity contribution is 5.99. The minimum atomic E-state index is -1.05. The molecule has 0 N–H and O–H groups in total. The van der Waals surface area contributed by atoms with Gasteiger partial charge in [-0.3, -0.25) is 14.9 Å². The molecule has 1 amide bonds. The quantitative estimate of drug-likeness (QED) is 0.440. The first-order valence-corrected chi connectivity index (χ1v) is 8.21. The van der Waals surface area contributed by atoms with Crippen molar-refractivity contribution in [2.45, 2.75) is 13.0 Å². The average Bonchev–Trinajstić information content (AvgIpc) is 2.66. The van der Waals surface area contributed by atoms with E-state index in [0.717, 1.165) is 6.07 Å².